The zero-order valence-electron chi connectivity index (χ0n) is 10.3. The number of hydrogen-bond donors (Lipinski definition) is 2. The normalized spacial score (nSPS) is 12.2. The Morgan fingerprint density at radius 2 is 2.18 bits per heavy atom. The van der Waals surface area contributed by atoms with Crippen molar-refractivity contribution >= 4 is 5.91 Å². The van der Waals surface area contributed by atoms with Gasteiger partial charge in [0.2, 0.25) is 5.91 Å². The van der Waals surface area contributed by atoms with Crippen molar-refractivity contribution in [3.05, 3.63) is 35.6 Å². The molecular weight excluding hydrogens is 219 g/mol. The van der Waals surface area contributed by atoms with Crippen molar-refractivity contribution < 1.29 is 9.18 Å². The lowest BCUT2D eigenvalue weighted by Gasteiger charge is -2.17. The van der Waals surface area contributed by atoms with E-state index in [9.17, 15) is 9.18 Å². The van der Waals surface area contributed by atoms with Gasteiger partial charge in [-0.05, 0) is 31.0 Å². The number of carbonyl (C=O) groups is 1. The molecule has 1 aromatic rings. The lowest BCUT2D eigenvalue weighted by atomic mass is 10.0. The highest BCUT2D eigenvalue weighted by Crippen LogP contribution is 2.16. The fourth-order valence-electron chi connectivity index (χ4n) is 1.70. The van der Waals surface area contributed by atoms with Crippen LogP contribution in [0.15, 0.2) is 24.3 Å². The molecule has 3 nitrogen and oxygen atoms in total. The van der Waals surface area contributed by atoms with E-state index in [1.54, 1.807) is 6.07 Å². The van der Waals surface area contributed by atoms with Gasteiger partial charge in [-0.25, -0.2) is 4.39 Å². The molecular formula is C13H19FN2O. The van der Waals surface area contributed by atoms with Gasteiger partial charge in [-0.3, -0.25) is 4.79 Å². The summed E-state index contributed by atoms with van der Waals surface area (Å²) in [5, 5.41) is 5.83. The fourth-order valence-corrected chi connectivity index (χ4v) is 1.70. The Hall–Kier alpha value is -1.42. The lowest BCUT2D eigenvalue weighted by Crippen LogP contribution is -2.35. The van der Waals surface area contributed by atoms with Crippen LogP contribution >= 0.6 is 0 Å². The summed E-state index contributed by atoms with van der Waals surface area (Å²) in [4.78, 5) is 11.3. The third kappa shape index (κ3) is 4.53. The lowest BCUT2D eigenvalue weighted by molar-refractivity contribution is -0.120. The van der Waals surface area contributed by atoms with E-state index in [1.807, 2.05) is 19.9 Å². The first-order valence-corrected chi connectivity index (χ1v) is 5.92. The molecule has 1 unspecified atom stereocenters. The highest BCUT2D eigenvalue weighted by Gasteiger charge is 2.10. The molecule has 1 atom stereocenters. The van der Waals surface area contributed by atoms with Crippen molar-refractivity contribution in [3.63, 3.8) is 0 Å². The maximum absolute atomic E-state index is 13.1. The van der Waals surface area contributed by atoms with Gasteiger partial charge in [-0.1, -0.05) is 19.1 Å². The van der Waals surface area contributed by atoms with Crippen molar-refractivity contribution in [2.75, 3.05) is 13.1 Å². The number of amides is 1. The number of benzene rings is 1. The van der Waals surface area contributed by atoms with Crippen LogP contribution in [0.25, 0.3) is 0 Å². The van der Waals surface area contributed by atoms with Crippen LogP contribution in [0, 0.1) is 5.82 Å². The van der Waals surface area contributed by atoms with Gasteiger partial charge in [0.25, 0.3) is 0 Å². The average Bonchev–Trinajstić information content (AvgIpc) is 2.30. The van der Waals surface area contributed by atoms with E-state index < -0.39 is 0 Å². The van der Waals surface area contributed by atoms with Crippen LogP contribution in [0.2, 0.25) is 0 Å². The minimum absolute atomic E-state index is 0.00769. The number of hydrogen-bond acceptors (Lipinski definition) is 2. The van der Waals surface area contributed by atoms with Crippen LogP contribution in [0.1, 0.15) is 31.9 Å². The first-order chi connectivity index (χ1) is 8.17. The summed E-state index contributed by atoms with van der Waals surface area (Å²) >= 11 is 0. The molecule has 0 bridgehead atoms. The maximum Gasteiger partial charge on any atom is 0.233 e. The zero-order valence-corrected chi connectivity index (χ0v) is 10.3. The minimum Gasteiger partial charge on any atom is -0.355 e. The van der Waals surface area contributed by atoms with E-state index >= 15 is 0 Å². The van der Waals surface area contributed by atoms with E-state index in [2.05, 4.69) is 10.6 Å². The summed E-state index contributed by atoms with van der Waals surface area (Å²) in [5.41, 5.74) is 0.872. The standard InChI is InChI=1S/C13H19FN2O/c1-3-12(16-9-13(17)15-4-2)10-6-5-7-11(14)8-10/h5-8,12,16H,3-4,9H2,1-2H3,(H,15,17). The van der Waals surface area contributed by atoms with Crippen LogP contribution in [0.4, 0.5) is 4.39 Å². The van der Waals surface area contributed by atoms with Crippen LogP contribution in [0.3, 0.4) is 0 Å². The Morgan fingerprint density at radius 3 is 2.76 bits per heavy atom. The van der Waals surface area contributed by atoms with Crippen molar-refractivity contribution in [2.45, 2.75) is 26.3 Å². The summed E-state index contributed by atoms with van der Waals surface area (Å²) in [6.07, 6.45) is 0.808. The Bertz CT molecular complexity index is 368. The van der Waals surface area contributed by atoms with Gasteiger partial charge in [-0.2, -0.15) is 0 Å². The molecule has 0 saturated carbocycles. The van der Waals surface area contributed by atoms with Crippen LogP contribution < -0.4 is 10.6 Å². The monoisotopic (exact) mass is 238 g/mol. The molecule has 1 rings (SSSR count). The molecule has 0 aliphatic carbocycles. The smallest absolute Gasteiger partial charge is 0.233 e. The van der Waals surface area contributed by atoms with Gasteiger partial charge >= 0.3 is 0 Å². The molecule has 0 aliphatic heterocycles. The third-order valence-electron chi connectivity index (χ3n) is 2.54. The number of rotatable bonds is 6. The number of halogens is 1. The van der Waals surface area contributed by atoms with Gasteiger partial charge in [0.1, 0.15) is 5.82 Å². The van der Waals surface area contributed by atoms with Crippen molar-refractivity contribution in [3.8, 4) is 0 Å². The predicted octanol–water partition coefficient (Wildman–Crippen LogP) is 2.00. The molecule has 2 N–H and O–H groups in total. The topological polar surface area (TPSA) is 41.1 Å². The average molecular weight is 238 g/mol. The van der Waals surface area contributed by atoms with Crippen molar-refractivity contribution in [1.82, 2.24) is 10.6 Å². The first kappa shape index (κ1) is 13.6. The quantitative estimate of drug-likeness (QED) is 0.796. The second-order valence-electron chi connectivity index (χ2n) is 3.85. The molecule has 0 heterocycles. The predicted molar refractivity (Wildman–Crippen MR) is 66.1 cm³/mol. The van der Waals surface area contributed by atoms with Crippen LogP contribution in [-0.2, 0) is 4.79 Å². The summed E-state index contributed by atoms with van der Waals surface area (Å²) in [6.45, 7) is 4.75. The van der Waals surface area contributed by atoms with Gasteiger partial charge in [0.05, 0.1) is 6.54 Å². The molecule has 4 heteroatoms. The second-order valence-corrected chi connectivity index (χ2v) is 3.85. The van der Waals surface area contributed by atoms with Gasteiger partial charge in [-0.15, -0.1) is 0 Å². The van der Waals surface area contributed by atoms with Crippen LogP contribution in [-0.4, -0.2) is 19.0 Å². The number of carbonyl (C=O) groups excluding carboxylic acids is 1. The molecule has 17 heavy (non-hydrogen) atoms. The zero-order chi connectivity index (χ0) is 12.7. The van der Waals surface area contributed by atoms with Gasteiger partial charge in [0, 0.05) is 12.6 Å². The summed E-state index contributed by atoms with van der Waals surface area (Å²) < 4.78 is 13.1. The fraction of sp³-hybridized carbons (Fsp3) is 0.462. The third-order valence-corrected chi connectivity index (χ3v) is 2.54. The molecule has 0 radical (unpaired) electrons. The van der Waals surface area contributed by atoms with Crippen molar-refractivity contribution in [1.29, 1.82) is 0 Å². The number of likely N-dealkylation sites (N-methyl/N-ethyl adjacent to an activating group) is 1. The molecule has 0 saturated heterocycles. The molecule has 1 amide bonds. The van der Waals surface area contributed by atoms with Gasteiger partial charge in [0.15, 0.2) is 0 Å². The molecule has 94 valence electrons. The summed E-state index contributed by atoms with van der Waals surface area (Å²) in [5.74, 6) is -0.289. The first-order valence-electron chi connectivity index (χ1n) is 5.92. The molecule has 0 fully saturated rings. The largest absolute Gasteiger partial charge is 0.355 e. The highest BCUT2D eigenvalue weighted by atomic mass is 19.1. The molecule has 0 aliphatic rings. The van der Waals surface area contributed by atoms with E-state index in [0.29, 0.717) is 6.54 Å². The maximum atomic E-state index is 13.1. The van der Waals surface area contributed by atoms with E-state index in [-0.39, 0.29) is 24.3 Å². The molecule has 0 spiro atoms. The number of nitrogens with one attached hydrogen (secondary N) is 2. The highest BCUT2D eigenvalue weighted by molar-refractivity contribution is 5.77. The molecule has 0 aromatic heterocycles. The molecule has 1 aromatic carbocycles. The van der Waals surface area contributed by atoms with E-state index in [1.165, 1.54) is 12.1 Å². The van der Waals surface area contributed by atoms with Gasteiger partial charge < -0.3 is 10.6 Å². The Labute approximate surface area is 101 Å². The Kier molecular flexibility index (Phi) is 5.63. The summed E-state index contributed by atoms with van der Waals surface area (Å²) in [6, 6.07) is 6.47. The minimum atomic E-state index is -0.249. The van der Waals surface area contributed by atoms with E-state index in [0.717, 1.165) is 12.0 Å². The SMILES string of the molecule is CCNC(=O)CNC(CC)c1cccc(F)c1. The Balaban J connectivity index is 2.57. The second kappa shape index (κ2) is 7.01. The van der Waals surface area contributed by atoms with E-state index in [4.69, 9.17) is 0 Å². The van der Waals surface area contributed by atoms with Crippen molar-refractivity contribution in [2.24, 2.45) is 0 Å². The summed E-state index contributed by atoms with van der Waals surface area (Å²) in [7, 11) is 0. The Morgan fingerprint density at radius 1 is 1.41 bits per heavy atom. The van der Waals surface area contributed by atoms with Crippen LogP contribution in [0.5, 0.6) is 0 Å².